The van der Waals surface area contributed by atoms with Crippen LogP contribution in [0.5, 0.6) is 5.75 Å². The van der Waals surface area contributed by atoms with Crippen molar-refractivity contribution in [2.24, 2.45) is 7.05 Å². The second-order valence-electron chi connectivity index (χ2n) is 5.59. The first-order chi connectivity index (χ1) is 12.7. The van der Waals surface area contributed by atoms with E-state index < -0.39 is 15.9 Å². The molecule has 0 aliphatic heterocycles. The van der Waals surface area contributed by atoms with Gasteiger partial charge in [0.1, 0.15) is 11.4 Å². The molecule has 146 valence electrons. The average Bonchev–Trinajstić information content (AvgIpc) is 2.64. The third kappa shape index (κ3) is 4.34. The van der Waals surface area contributed by atoms with Gasteiger partial charge >= 0.3 is 0 Å². The lowest BCUT2D eigenvalue weighted by Crippen LogP contribution is -2.30. The number of methoxy groups -OCH3 is 1. The maximum atomic E-state index is 12.7. The van der Waals surface area contributed by atoms with Crippen LogP contribution in [0.2, 0.25) is 0 Å². The maximum Gasteiger partial charge on any atom is 0.276 e. The molecule has 0 aliphatic rings. The van der Waals surface area contributed by atoms with Gasteiger partial charge in [-0.1, -0.05) is 13.8 Å². The van der Waals surface area contributed by atoms with E-state index in [1.165, 1.54) is 48.8 Å². The number of hydrogen-bond acceptors (Lipinski definition) is 6. The smallest absolute Gasteiger partial charge is 0.276 e. The van der Waals surface area contributed by atoms with Crippen molar-refractivity contribution in [2.45, 2.75) is 18.7 Å². The topological polar surface area (TPSA) is 111 Å². The standard InChI is InChI=1S/C17H22N4O5S/c1-5-21(6-2)27(24,25)12-7-9-15(26-4)14(11-12)18-17(23)13-8-10-16(22)20(3)19-13/h7-11H,5-6H2,1-4H3,(H,18,23). The number of sulfonamides is 1. The first kappa shape index (κ1) is 20.6. The number of hydrogen-bond donors (Lipinski definition) is 1. The highest BCUT2D eigenvalue weighted by Crippen LogP contribution is 2.29. The van der Waals surface area contributed by atoms with Crippen LogP contribution in [-0.2, 0) is 17.1 Å². The predicted molar refractivity (Wildman–Crippen MR) is 101 cm³/mol. The molecule has 27 heavy (non-hydrogen) atoms. The van der Waals surface area contributed by atoms with Gasteiger partial charge in [0.2, 0.25) is 10.0 Å². The minimum absolute atomic E-state index is 0.0103. The Balaban J connectivity index is 2.42. The molecule has 0 radical (unpaired) electrons. The molecule has 1 amide bonds. The van der Waals surface area contributed by atoms with Gasteiger partial charge in [0.05, 0.1) is 17.7 Å². The first-order valence-electron chi connectivity index (χ1n) is 8.28. The average molecular weight is 394 g/mol. The second-order valence-corrected chi connectivity index (χ2v) is 7.52. The molecule has 0 spiro atoms. The molecule has 1 aromatic carbocycles. The number of nitrogens with zero attached hydrogens (tertiary/aromatic N) is 3. The van der Waals surface area contributed by atoms with Crippen molar-refractivity contribution < 1.29 is 17.9 Å². The molecule has 1 aromatic heterocycles. The van der Waals surface area contributed by atoms with Crippen molar-refractivity contribution in [1.29, 1.82) is 0 Å². The lowest BCUT2D eigenvalue weighted by molar-refractivity contribution is 0.101. The Bertz CT molecular complexity index is 997. The largest absolute Gasteiger partial charge is 0.495 e. The zero-order valence-corrected chi connectivity index (χ0v) is 16.4. The minimum atomic E-state index is -3.70. The fraction of sp³-hybridized carbons (Fsp3) is 0.353. The highest BCUT2D eigenvalue weighted by molar-refractivity contribution is 7.89. The maximum absolute atomic E-state index is 12.7. The first-order valence-corrected chi connectivity index (χ1v) is 9.72. The summed E-state index contributed by atoms with van der Waals surface area (Å²) < 4.78 is 33.0. The van der Waals surface area contributed by atoms with E-state index in [9.17, 15) is 18.0 Å². The number of rotatable bonds is 7. The van der Waals surface area contributed by atoms with E-state index in [-0.39, 0.29) is 21.8 Å². The van der Waals surface area contributed by atoms with Crippen molar-refractivity contribution in [2.75, 3.05) is 25.5 Å². The van der Waals surface area contributed by atoms with Crippen LogP contribution < -0.4 is 15.6 Å². The lowest BCUT2D eigenvalue weighted by Gasteiger charge is -2.19. The predicted octanol–water partition coefficient (Wildman–Crippen LogP) is 1.07. The van der Waals surface area contributed by atoms with Gasteiger partial charge < -0.3 is 10.1 Å². The van der Waals surface area contributed by atoms with Gasteiger partial charge in [0, 0.05) is 26.2 Å². The van der Waals surface area contributed by atoms with Gasteiger partial charge in [-0.2, -0.15) is 9.40 Å². The molecule has 10 heteroatoms. The van der Waals surface area contributed by atoms with E-state index in [1.54, 1.807) is 13.8 Å². The molecule has 0 bridgehead atoms. The van der Waals surface area contributed by atoms with E-state index in [0.29, 0.717) is 18.8 Å². The van der Waals surface area contributed by atoms with Crippen LogP contribution in [0, 0.1) is 0 Å². The third-order valence-electron chi connectivity index (χ3n) is 3.96. The van der Waals surface area contributed by atoms with Gasteiger partial charge in [-0.25, -0.2) is 13.1 Å². The van der Waals surface area contributed by atoms with Crippen LogP contribution in [0.25, 0.3) is 0 Å². The van der Waals surface area contributed by atoms with Crippen LogP contribution >= 0.6 is 0 Å². The second kappa shape index (κ2) is 8.31. The van der Waals surface area contributed by atoms with Crippen molar-refractivity contribution >= 4 is 21.6 Å². The summed E-state index contributed by atoms with van der Waals surface area (Å²) >= 11 is 0. The molecule has 1 heterocycles. The van der Waals surface area contributed by atoms with Crippen molar-refractivity contribution in [3.05, 3.63) is 46.4 Å². The van der Waals surface area contributed by atoms with E-state index >= 15 is 0 Å². The number of benzene rings is 1. The van der Waals surface area contributed by atoms with Gasteiger partial charge in [-0.15, -0.1) is 0 Å². The summed E-state index contributed by atoms with van der Waals surface area (Å²) in [5.41, 5.74) is -0.154. The number of carbonyl (C=O) groups is 1. The number of anilines is 1. The Labute approximate surface area is 157 Å². The molecule has 2 aromatic rings. The van der Waals surface area contributed by atoms with Crippen LogP contribution in [0.1, 0.15) is 24.3 Å². The summed E-state index contributed by atoms with van der Waals surface area (Å²) in [6.45, 7) is 4.15. The van der Waals surface area contributed by atoms with E-state index in [1.807, 2.05) is 0 Å². The molecule has 0 atom stereocenters. The monoisotopic (exact) mass is 394 g/mol. The van der Waals surface area contributed by atoms with Gasteiger partial charge in [0.15, 0.2) is 0 Å². The number of aromatic nitrogens is 2. The van der Waals surface area contributed by atoms with E-state index in [2.05, 4.69) is 10.4 Å². The lowest BCUT2D eigenvalue weighted by atomic mass is 10.2. The number of carbonyl (C=O) groups excluding carboxylic acids is 1. The number of ether oxygens (including phenoxy) is 1. The fourth-order valence-electron chi connectivity index (χ4n) is 2.47. The Morgan fingerprint density at radius 3 is 2.44 bits per heavy atom. The minimum Gasteiger partial charge on any atom is -0.495 e. The molecule has 0 saturated heterocycles. The molecule has 2 rings (SSSR count). The van der Waals surface area contributed by atoms with Crippen molar-refractivity contribution in [1.82, 2.24) is 14.1 Å². The van der Waals surface area contributed by atoms with Crippen molar-refractivity contribution in [3.63, 3.8) is 0 Å². The van der Waals surface area contributed by atoms with Crippen LogP contribution in [-0.4, -0.2) is 48.6 Å². The molecule has 1 N–H and O–H groups in total. The Hall–Kier alpha value is -2.72. The number of nitrogens with one attached hydrogen (secondary N) is 1. The normalized spacial score (nSPS) is 11.4. The summed E-state index contributed by atoms with van der Waals surface area (Å²) in [7, 11) is -0.858. The van der Waals surface area contributed by atoms with Gasteiger partial charge in [0.25, 0.3) is 11.5 Å². The van der Waals surface area contributed by atoms with Crippen molar-refractivity contribution in [3.8, 4) is 5.75 Å². The number of amides is 1. The summed E-state index contributed by atoms with van der Waals surface area (Å²) in [6.07, 6.45) is 0. The fourth-order valence-corrected chi connectivity index (χ4v) is 3.95. The quantitative estimate of drug-likeness (QED) is 0.752. The summed E-state index contributed by atoms with van der Waals surface area (Å²) in [4.78, 5) is 23.9. The molecule has 0 fully saturated rings. The highest BCUT2D eigenvalue weighted by atomic mass is 32.2. The Kier molecular flexibility index (Phi) is 6.34. The zero-order chi connectivity index (χ0) is 20.2. The molecule has 9 nitrogen and oxygen atoms in total. The molecular formula is C17H22N4O5S. The van der Waals surface area contributed by atoms with Gasteiger partial charge in [-0.05, 0) is 24.3 Å². The van der Waals surface area contributed by atoms with Gasteiger partial charge in [-0.3, -0.25) is 9.59 Å². The third-order valence-corrected chi connectivity index (χ3v) is 6.00. The highest BCUT2D eigenvalue weighted by Gasteiger charge is 2.23. The van der Waals surface area contributed by atoms with Crippen LogP contribution in [0.3, 0.4) is 0 Å². The Morgan fingerprint density at radius 1 is 1.22 bits per heavy atom. The number of aryl methyl sites for hydroxylation is 1. The van der Waals surface area contributed by atoms with Crippen LogP contribution in [0.15, 0.2) is 40.0 Å². The SMILES string of the molecule is CCN(CC)S(=O)(=O)c1ccc(OC)c(NC(=O)c2ccc(=O)n(C)n2)c1. The van der Waals surface area contributed by atoms with E-state index in [0.717, 1.165) is 4.68 Å². The summed E-state index contributed by atoms with van der Waals surface area (Å²) in [5, 5.41) is 6.46. The van der Waals surface area contributed by atoms with Crippen LogP contribution in [0.4, 0.5) is 5.69 Å². The molecular weight excluding hydrogens is 372 g/mol. The molecule has 0 aliphatic carbocycles. The van der Waals surface area contributed by atoms with E-state index in [4.69, 9.17) is 4.74 Å². The molecule has 0 saturated carbocycles. The zero-order valence-electron chi connectivity index (χ0n) is 15.6. The summed E-state index contributed by atoms with van der Waals surface area (Å²) in [6, 6.07) is 6.75. The molecule has 0 unspecified atom stereocenters. The summed E-state index contributed by atoms with van der Waals surface area (Å²) in [5.74, 6) is -0.298. The Morgan fingerprint density at radius 2 is 1.89 bits per heavy atom.